The first-order chi connectivity index (χ1) is 7.18. The number of aryl methyl sites for hydroxylation is 2. The van der Waals surface area contributed by atoms with Crippen LogP contribution in [0.25, 0.3) is 0 Å². The zero-order valence-electron chi connectivity index (χ0n) is 9.77. The second-order valence-electron chi connectivity index (χ2n) is 4.11. The fourth-order valence-corrected chi connectivity index (χ4v) is 2.46. The van der Waals surface area contributed by atoms with Gasteiger partial charge in [0, 0.05) is 13.2 Å². The number of aromatic nitrogens is 2. The minimum atomic E-state index is -3.66. The van der Waals surface area contributed by atoms with Crippen LogP contribution in [0.4, 0.5) is 0 Å². The SMILES string of the molecule is C#CC(C)(C)NS(=O)(=O)c1cn(C)c(C)n1. The summed E-state index contributed by atoms with van der Waals surface area (Å²) in [5.74, 6) is 2.99. The van der Waals surface area contributed by atoms with Crippen LogP contribution in [0.5, 0.6) is 0 Å². The molecule has 1 N–H and O–H groups in total. The second kappa shape index (κ2) is 3.92. The summed E-state index contributed by atoms with van der Waals surface area (Å²) < 4.78 is 27.8. The van der Waals surface area contributed by atoms with E-state index in [1.165, 1.54) is 6.20 Å². The van der Waals surface area contributed by atoms with Gasteiger partial charge < -0.3 is 4.57 Å². The Kier molecular flexibility index (Phi) is 3.13. The largest absolute Gasteiger partial charge is 0.337 e. The predicted octanol–water partition coefficient (Wildman–Crippen LogP) is 0.419. The summed E-state index contributed by atoms with van der Waals surface area (Å²) >= 11 is 0. The van der Waals surface area contributed by atoms with E-state index >= 15 is 0 Å². The summed E-state index contributed by atoms with van der Waals surface area (Å²) in [7, 11) is -1.93. The smallest absolute Gasteiger partial charge is 0.260 e. The molecule has 1 aromatic rings. The molecule has 1 aromatic heterocycles. The Balaban J connectivity index is 3.10. The molecule has 0 saturated heterocycles. The molecule has 6 heteroatoms. The maximum Gasteiger partial charge on any atom is 0.260 e. The molecule has 5 nitrogen and oxygen atoms in total. The monoisotopic (exact) mass is 241 g/mol. The van der Waals surface area contributed by atoms with Crippen molar-refractivity contribution in [2.45, 2.75) is 31.3 Å². The Bertz CT molecular complexity index is 515. The van der Waals surface area contributed by atoms with Gasteiger partial charge in [-0.2, -0.15) is 4.72 Å². The van der Waals surface area contributed by atoms with Crippen molar-refractivity contribution in [3.63, 3.8) is 0 Å². The van der Waals surface area contributed by atoms with Crippen LogP contribution in [0.1, 0.15) is 19.7 Å². The number of nitrogens with one attached hydrogen (secondary N) is 1. The number of sulfonamides is 1. The molecule has 16 heavy (non-hydrogen) atoms. The molecule has 0 aliphatic rings. The van der Waals surface area contributed by atoms with E-state index in [0.717, 1.165) is 0 Å². The summed E-state index contributed by atoms with van der Waals surface area (Å²) in [6.45, 7) is 4.95. The van der Waals surface area contributed by atoms with Gasteiger partial charge in [-0.15, -0.1) is 6.42 Å². The molecule has 0 unspecified atom stereocenters. The highest BCUT2D eigenvalue weighted by molar-refractivity contribution is 7.89. The third-order valence-corrected chi connectivity index (χ3v) is 3.64. The van der Waals surface area contributed by atoms with Gasteiger partial charge in [0.15, 0.2) is 5.03 Å². The molecule has 0 aromatic carbocycles. The van der Waals surface area contributed by atoms with Crippen LogP contribution < -0.4 is 4.72 Å². The quantitative estimate of drug-likeness (QED) is 0.780. The number of hydrogen-bond donors (Lipinski definition) is 1. The molecule has 0 atom stereocenters. The zero-order chi connectivity index (χ0) is 12.6. The van der Waals surface area contributed by atoms with E-state index in [1.807, 2.05) is 0 Å². The number of hydrogen-bond acceptors (Lipinski definition) is 3. The number of imidazole rings is 1. The second-order valence-corrected chi connectivity index (χ2v) is 5.74. The Morgan fingerprint density at radius 3 is 2.50 bits per heavy atom. The van der Waals surface area contributed by atoms with Crippen LogP contribution in [0, 0.1) is 19.3 Å². The molecule has 0 radical (unpaired) electrons. The maximum absolute atomic E-state index is 11.9. The summed E-state index contributed by atoms with van der Waals surface area (Å²) in [5, 5.41) is -0.0178. The molecule has 88 valence electrons. The lowest BCUT2D eigenvalue weighted by Crippen LogP contribution is -2.42. The predicted molar refractivity (Wildman–Crippen MR) is 61.2 cm³/mol. The average molecular weight is 241 g/mol. The highest BCUT2D eigenvalue weighted by Crippen LogP contribution is 2.11. The van der Waals surface area contributed by atoms with Crippen molar-refractivity contribution in [2.75, 3.05) is 0 Å². The number of terminal acetylenes is 1. The van der Waals surface area contributed by atoms with Crippen molar-refractivity contribution in [1.82, 2.24) is 14.3 Å². The molecular formula is C10H15N3O2S. The van der Waals surface area contributed by atoms with Crippen molar-refractivity contribution in [3.05, 3.63) is 12.0 Å². The topological polar surface area (TPSA) is 64.0 Å². The van der Waals surface area contributed by atoms with Gasteiger partial charge in [0.05, 0.1) is 5.54 Å². The first-order valence-corrected chi connectivity index (χ1v) is 6.18. The molecule has 1 heterocycles. The van der Waals surface area contributed by atoms with Crippen molar-refractivity contribution in [3.8, 4) is 12.3 Å². The van der Waals surface area contributed by atoms with Crippen LogP contribution >= 0.6 is 0 Å². The van der Waals surface area contributed by atoms with Gasteiger partial charge in [0.1, 0.15) is 5.82 Å². The summed E-state index contributed by atoms with van der Waals surface area (Å²) in [6, 6.07) is 0. The fraction of sp³-hybridized carbons (Fsp3) is 0.500. The first kappa shape index (κ1) is 12.7. The lowest BCUT2D eigenvalue weighted by Gasteiger charge is -2.18. The van der Waals surface area contributed by atoms with Crippen LogP contribution in [0.3, 0.4) is 0 Å². The Morgan fingerprint density at radius 1 is 1.56 bits per heavy atom. The fourth-order valence-electron chi connectivity index (χ4n) is 1.07. The highest BCUT2D eigenvalue weighted by Gasteiger charge is 2.26. The molecule has 0 saturated carbocycles. The Labute approximate surface area is 95.9 Å². The van der Waals surface area contributed by atoms with E-state index in [2.05, 4.69) is 15.6 Å². The van der Waals surface area contributed by atoms with E-state index in [-0.39, 0.29) is 5.03 Å². The molecule has 1 rings (SSSR count). The summed E-state index contributed by atoms with van der Waals surface area (Å²) in [6.07, 6.45) is 6.67. The lowest BCUT2D eigenvalue weighted by molar-refractivity contribution is 0.536. The van der Waals surface area contributed by atoms with Crippen molar-refractivity contribution in [2.24, 2.45) is 7.05 Å². The normalized spacial score (nSPS) is 12.4. The maximum atomic E-state index is 11.9. The van der Waals surface area contributed by atoms with Gasteiger partial charge in [-0.25, -0.2) is 13.4 Å². The standard InChI is InChI=1S/C10H15N3O2S/c1-6-10(3,4)12-16(14,15)9-7-13(5)8(2)11-9/h1,7,12H,2-5H3. The molecule has 0 bridgehead atoms. The molecule has 0 amide bonds. The van der Waals surface area contributed by atoms with Gasteiger partial charge in [0.25, 0.3) is 10.0 Å². The van der Waals surface area contributed by atoms with E-state index in [4.69, 9.17) is 6.42 Å². The molecule has 0 aliphatic heterocycles. The summed E-state index contributed by atoms with van der Waals surface area (Å²) in [4.78, 5) is 3.94. The number of rotatable bonds is 3. The Morgan fingerprint density at radius 2 is 2.12 bits per heavy atom. The van der Waals surface area contributed by atoms with Gasteiger partial charge in [-0.3, -0.25) is 0 Å². The third kappa shape index (κ3) is 2.62. The van der Waals surface area contributed by atoms with Crippen molar-refractivity contribution >= 4 is 10.0 Å². The summed E-state index contributed by atoms with van der Waals surface area (Å²) in [5.41, 5.74) is -0.926. The Hall–Kier alpha value is -1.32. The number of nitrogens with zero attached hydrogens (tertiary/aromatic N) is 2. The third-order valence-electron chi connectivity index (χ3n) is 2.11. The van der Waals surface area contributed by atoms with Gasteiger partial charge in [0.2, 0.25) is 0 Å². The van der Waals surface area contributed by atoms with Crippen LogP contribution in [-0.4, -0.2) is 23.5 Å². The molecule has 0 aliphatic carbocycles. The zero-order valence-corrected chi connectivity index (χ0v) is 10.6. The molecule has 0 fully saturated rings. The van der Waals surface area contributed by atoms with Gasteiger partial charge in [-0.1, -0.05) is 5.92 Å². The highest BCUT2D eigenvalue weighted by atomic mass is 32.2. The van der Waals surface area contributed by atoms with E-state index < -0.39 is 15.6 Å². The van der Waals surface area contributed by atoms with Crippen molar-refractivity contribution in [1.29, 1.82) is 0 Å². The van der Waals surface area contributed by atoms with Crippen LogP contribution in [-0.2, 0) is 17.1 Å². The van der Waals surface area contributed by atoms with Crippen LogP contribution in [0.15, 0.2) is 11.2 Å². The van der Waals surface area contributed by atoms with E-state index in [9.17, 15) is 8.42 Å². The lowest BCUT2D eigenvalue weighted by atomic mass is 10.1. The van der Waals surface area contributed by atoms with E-state index in [0.29, 0.717) is 5.82 Å². The average Bonchev–Trinajstić information content (AvgIpc) is 2.46. The molecule has 0 spiro atoms. The molecular weight excluding hydrogens is 226 g/mol. The van der Waals surface area contributed by atoms with E-state index in [1.54, 1.807) is 32.4 Å². The van der Waals surface area contributed by atoms with Crippen molar-refractivity contribution < 1.29 is 8.42 Å². The minimum absolute atomic E-state index is 0.0178. The van der Waals surface area contributed by atoms with Crippen LogP contribution in [0.2, 0.25) is 0 Å². The van der Waals surface area contributed by atoms with Gasteiger partial charge in [-0.05, 0) is 20.8 Å². The minimum Gasteiger partial charge on any atom is -0.337 e. The van der Waals surface area contributed by atoms with Gasteiger partial charge >= 0.3 is 0 Å². The first-order valence-electron chi connectivity index (χ1n) is 4.70.